The van der Waals surface area contributed by atoms with Gasteiger partial charge in [0.1, 0.15) is 5.75 Å². The van der Waals surface area contributed by atoms with Crippen LogP contribution in [0.25, 0.3) is 0 Å². The van der Waals surface area contributed by atoms with Crippen LogP contribution in [0.4, 0.5) is 0 Å². The van der Waals surface area contributed by atoms with Crippen molar-refractivity contribution in [2.75, 3.05) is 7.11 Å². The summed E-state index contributed by atoms with van der Waals surface area (Å²) in [4.78, 5) is 13.1. The number of ether oxygens (including phenoxy) is 1. The van der Waals surface area contributed by atoms with Crippen molar-refractivity contribution in [2.24, 2.45) is 5.92 Å². The Balaban J connectivity index is 2.47. The molecule has 0 amide bonds. The van der Waals surface area contributed by atoms with Crippen molar-refractivity contribution in [2.45, 2.75) is 24.0 Å². The molecule has 1 aromatic carbocycles. The number of rotatable bonds is 1. The van der Waals surface area contributed by atoms with Gasteiger partial charge in [-0.3, -0.25) is 4.79 Å². The molecule has 2 nitrogen and oxygen atoms in total. The standard InChI is InChI=1S/C12H14O2S/c1-7-8(2)15-11-5-4-9(14-3)6-10(11)12(7)13/h4-8H,1-3H3. The Morgan fingerprint density at radius 3 is 2.73 bits per heavy atom. The fourth-order valence-corrected chi connectivity index (χ4v) is 2.85. The first-order chi connectivity index (χ1) is 7.13. The summed E-state index contributed by atoms with van der Waals surface area (Å²) in [7, 11) is 1.62. The highest BCUT2D eigenvalue weighted by molar-refractivity contribution is 8.00. The first-order valence-electron chi connectivity index (χ1n) is 5.02. The molecule has 0 N–H and O–H groups in total. The van der Waals surface area contributed by atoms with Crippen LogP contribution < -0.4 is 4.74 Å². The molecule has 0 radical (unpaired) electrons. The van der Waals surface area contributed by atoms with Gasteiger partial charge >= 0.3 is 0 Å². The van der Waals surface area contributed by atoms with E-state index in [1.165, 1.54) is 0 Å². The van der Waals surface area contributed by atoms with Crippen molar-refractivity contribution in [3.8, 4) is 5.75 Å². The molecule has 80 valence electrons. The van der Waals surface area contributed by atoms with Crippen molar-refractivity contribution in [3.05, 3.63) is 23.8 Å². The van der Waals surface area contributed by atoms with Gasteiger partial charge in [0.2, 0.25) is 0 Å². The molecule has 0 fully saturated rings. The van der Waals surface area contributed by atoms with Gasteiger partial charge in [-0.05, 0) is 18.2 Å². The second-order valence-electron chi connectivity index (χ2n) is 3.84. The monoisotopic (exact) mass is 222 g/mol. The Bertz CT molecular complexity index is 401. The van der Waals surface area contributed by atoms with Gasteiger partial charge in [0.15, 0.2) is 5.78 Å². The lowest BCUT2D eigenvalue weighted by atomic mass is 9.96. The van der Waals surface area contributed by atoms with Gasteiger partial charge in [0.05, 0.1) is 7.11 Å². The van der Waals surface area contributed by atoms with Crippen LogP contribution in [-0.2, 0) is 0 Å². The lowest BCUT2D eigenvalue weighted by Gasteiger charge is -2.26. The van der Waals surface area contributed by atoms with Crippen LogP contribution in [-0.4, -0.2) is 18.1 Å². The highest BCUT2D eigenvalue weighted by Gasteiger charge is 2.30. The third-order valence-electron chi connectivity index (χ3n) is 2.88. The number of methoxy groups -OCH3 is 1. The molecule has 2 atom stereocenters. The number of ketones is 1. The van der Waals surface area contributed by atoms with E-state index in [4.69, 9.17) is 4.74 Å². The van der Waals surface area contributed by atoms with E-state index < -0.39 is 0 Å². The van der Waals surface area contributed by atoms with Crippen LogP contribution in [0.1, 0.15) is 24.2 Å². The topological polar surface area (TPSA) is 26.3 Å². The summed E-state index contributed by atoms with van der Waals surface area (Å²) < 4.78 is 5.13. The minimum Gasteiger partial charge on any atom is -0.497 e. The molecule has 2 unspecified atom stereocenters. The molecule has 2 rings (SSSR count). The number of carbonyl (C=O) groups excluding carboxylic acids is 1. The highest BCUT2D eigenvalue weighted by Crippen LogP contribution is 2.39. The lowest BCUT2D eigenvalue weighted by Crippen LogP contribution is -2.25. The van der Waals surface area contributed by atoms with Crippen LogP contribution in [0, 0.1) is 5.92 Å². The van der Waals surface area contributed by atoms with E-state index in [1.54, 1.807) is 18.9 Å². The van der Waals surface area contributed by atoms with E-state index in [9.17, 15) is 4.79 Å². The average molecular weight is 222 g/mol. The lowest BCUT2D eigenvalue weighted by molar-refractivity contribution is 0.0923. The van der Waals surface area contributed by atoms with Gasteiger partial charge in [-0.15, -0.1) is 11.8 Å². The Morgan fingerprint density at radius 2 is 2.07 bits per heavy atom. The molecular weight excluding hydrogens is 208 g/mol. The summed E-state index contributed by atoms with van der Waals surface area (Å²) in [5.74, 6) is 1.08. The first-order valence-corrected chi connectivity index (χ1v) is 5.90. The molecule has 0 bridgehead atoms. The SMILES string of the molecule is COc1ccc2c(c1)C(=O)C(C)C(C)S2. The summed E-state index contributed by atoms with van der Waals surface area (Å²) in [5, 5.41) is 0.360. The van der Waals surface area contributed by atoms with Gasteiger partial charge in [0, 0.05) is 21.6 Å². The largest absolute Gasteiger partial charge is 0.497 e. The molecule has 0 aromatic heterocycles. The maximum absolute atomic E-state index is 12.0. The molecule has 0 spiro atoms. The summed E-state index contributed by atoms with van der Waals surface area (Å²) in [6.07, 6.45) is 0. The van der Waals surface area contributed by atoms with Crippen molar-refractivity contribution in [1.82, 2.24) is 0 Å². The third kappa shape index (κ3) is 1.76. The number of carbonyl (C=O) groups is 1. The maximum atomic E-state index is 12.0. The Kier molecular flexibility index (Phi) is 2.74. The average Bonchev–Trinajstić information content (AvgIpc) is 2.26. The highest BCUT2D eigenvalue weighted by atomic mass is 32.2. The van der Waals surface area contributed by atoms with E-state index in [1.807, 2.05) is 25.1 Å². The number of fused-ring (bicyclic) bond motifs is 1. The number of Topliss-reactive ketones (excluding diaryl/α,β-unsaturated/α-hetero) is 1. The van der Waals surface area contributed by atoms with Crippen LogP contribution >= 0.6 is 11.8 Å². The van der Waals surface area contributed by atoms with E-state index >= 15 is 0 Å². The smallest absolute Gasteiger partial charge is 0.168 e. The van der Waals surface area contributed by atoms with Crippen molar-refractivity contribution in [1.29, 1.82) is 0 Å². The fourth-order valence-electron chi connectivity index (χ4n) is 1.69. The van der Waals surface area contributed by atoms with Crippen LogP contribution in [0.15, 0.2) is 23.1 Å². The molecular formula is C12H14O2S. The van der Waals surface area contributed by atoms with E-state index in [2.05, 4.69) is 6.92 Å². The summed E-state index contributed by atoms with van der Waals surface area (Å²) >= 11 is 1.77. The Hall–Kier alpha value is -0.960. The zero-order valence-electron chi connectivity index (χ0n) is 9.11. The summed E-state index contributed by atoms with van der Waals surface area (Å²) in [6, 6.07) is 5.72. The van der Waals surface area contributed by atoms with E-state index in [-0.39, 0.29) is 11.7 Å². The van der Waals surface area contributed by atoms with Crippen molar-refractivity contribution >= 4 is 17.5 Å². The molecule has 3 heteroatoms. The van der Waals surface area contributed by atoms with Gasteiger partial charge in [0.25, 0.3) is 0 Å². The van der Waals surface area contributed by atoms with Crippen molar-refractivity contribution in [3.63, 3.8) is 0 Å². The Morgan fingerprint density at radius 1 is 1.33 bits per heavy atom. The zero-order valence-corrected chi connectivity index (χ0v) is 9.93. The van der Waals surface area contributed by atoms with E-state index in [0.29, 0.717) is 5.25 Å². The van der Waals surface area contributed by atoms with Gasteiger partial charge < -0.3 is 4.74 Å². The first kappa shape index (κ1) is 10.6. The van der Waals surface area contributed by atoms with Gasteiger partial charge in [-0.25, -0.2) is 0 Å². The fraction of sp³-hybridized carbons (Fsp3) is 0.417. The van der Waals surface area contributed by atoms with Crippen molar-refractivity contribution < 1.29 is 9.53 Å². The second kappa shape index (κ2) is 3.89. The number of thioether (sulfide) groups is 1. The summed E-state index contributed by atoms with van der Waals surface area (Å²) in [6.45, 7) is 4.09. The quantitative estimate of drug-likeness (QED) is 0.730. The van der Waals surface area contributed by atoms with Gasteiger partial charge in [-0.1, -0.05) is 13.8 Å². The molecule has 1 aromatic rings. The second-order valence-corrected chi connectivity index (χ2v) is 5.26. The molecule has 0 saturated carbocycles. The molecule has 1 heterocycles. The molecule has 0 saturated heterocycles. The third-order valence-corrected chi connectivity index (χ3v) is 4.27. The molecule has 0 aliphatic carbocycles. The number of hydrogen-bond donors (Lipinski definition) is 0. The molecule has 1 aliphatic rings. The van der Waals surface area contributed by atoms with Crippen LogP contribution in [0.2, 0.25) is 0 Å². The zero-order chi connectivity index (χ0) is 11.0. The van der Waals surface area contributed by atoms with Gasteiger partial charge in [-0.2, -0.15) is 0 Å². The normalized spacial score (nSPS) is 24.9. The minimum atomic E-state index is 0.0922. The number of hydrogen-bond acceptors (Lipinski definition) is 3. The predicted octanol–water partition coefficient (Wildman–Crippen LogP) is 3.01. The minimum absolute atomic E-state index is 0.0922. The maximum Gasteiger partial charge on any atom is 0.168 e. The molecule has 1 aliphatic heterocycles. The predicted molar refractivity (Wildman–Crippen MR) is 61.8 cm³/mol. The van der Waals surface area contributed by atoms with Crippen LogP contribution in [0.3, 0.4) is 0 Å². The Labute approximate surface area is 94.0 Å². The van der Waals surface area contributed by atoms with Crippen LogP contribution in [0.5, 0.6) is 5.75 Å². The van der Waals surface area contributed by atoms with E-state index in [0.717, 1.165) is 16.2 Å². The molecule has 15 heavy (non-hydrogen) atoms. The summed E-state index contributed by atoms with van der Waals surface area (Å²) in [5.41, 5.74) is 0.810. The number of benzene rings is 1.